The Morgan fingerprint density at radius 1 is 1.38 bits per heavy atom. The fourth-order valence-corrected chi connectivity index (χ4v) is 3.18. The van der Waals surface area contributed by atoms with Crippen molar-refractivity contribution in [2.75, 3.05) is 11.9 Å². The quantitative estimate of drug-likeness (QED) is 0.882. The molecule has 0 radical (unpaired) electrons. The minimum absolute atomic E-state index is 0.0909. The van der Waals surface area contributed by atoms with Gasteiger partial charge in [-0.1, -0.05) is 23.7 Å². The zero-order chi connectivity index (χ0) is 15.4. The number of carbonyl (C=O) groups excluding carboxylic acids is 1. The summed E-state index contributed by atoms with van der Waals surface area (Å²) in [5.74, 6) is -0.117. The fraction of sp³-hybridized carbons (Fsp3) is 0.333. The summed E-state index contributed by atoms with van der Waals surface area (Å²) in [5.41, 5.74) is 1.65. The van der Waals surface area contributed by atoms with Crippen molar-refractivity contribution in [3.63, 3.8) is 0 Å². The van der Waals surface area contributed by atoms with E-state index >= 15 is 0 Å². The molecule has 0 saturated carbocycles. The van der Waals surface area contributed by atoms with Gasteiger partial charge in [0.25, 0.3) is 0 Å². The van der Waals surface area contributed by atoms with Crippen molar-refractivity contribution in [2.45, 2.75) is 26.8 Å². The molecule has 0 bridgehead atoms. The third kappa shape index (κ3) is 4.27. The van der Waals surface area contributed by atoms with Crippen LogP contribution in [0.25, 0.3) is 0 Å². The van der Waals surface area contributed by atoms with E-state index in [0.717, 1.165) is 15.6 Å². The van der Waals surface area contributed by atoms with E-state index < -0.39 is 0 Å². The molecule has 1 atom stereocenters. The fourth-order valence-electron chi connectivity index (χ4n) is 2.04. The van der Waals surface area contributed by atoms with Gasteiger partial charge in [0.05, 0.1) is 28.0 Å². The second-order valence-electron chi connectivity index (χ2n) is 4.81. The lowest BCUT2D eigenvalue weighted by atomic mass is 10.2. The Morgan fingerprint density at radius 3 is 2.71 bits per heavy atom. The van der Waals surface area contributed by atoms with Crippen LogP contribution in [0, 0.1) is 13.8 Å². The Bertz CT molecular complexity index is 642. The molecule has 1 amide bonds. The van der Waals surface area contributed by atoms with Crippen molar-refractivity contribution in [1.29, 1.82) is 0 Å². The van der Waals surface area contributed by atoms with Crippen LogP contribution in [-0.2, 0) is 4.79 Å². The van der Waals surface area contributed by atoms with Crippen LogP contribution in [0.5, 0.6) is 0 Å². The van der Waals surface area contributed by atoms with E-state index in [1.807, 2.05) is 32.9 Å². The average Bonchev–Trinajstić information content (AvgIpc) is 2.78. The van der Waals surface area contributed by atoms with Crippen LogP contribution in [0.3, 0.4) is 0 Å². The zero-order valence-electron chi connectivity index (χ0n) is 12.2. The predicted molar refractivity (Wildman–Crippen MR) is 88.1 cm³/mol. The number of aryl methyl sites for hydroxylation is 2. The summed E-state index contributed by atoms with van der Waals surface area (Å²) in [5, 5.41) is 7.57. The van der Waals surface area contributed by atoms with Gasteiger partial charge >= 0.3 is 0 Å². The van der Waals surface area contributed by atoms with Crippen molar-refractivity contribution < 1.29 is 4.79 Å². The molecular formula is C15H18ClN3OS. The maximum atomic E-state index is 11.9. The summed E-state index contributed by atoms with van der Waals surface area (Å²) in [7, 11) is 0. The highest BCUT2D eigenvalue weighted by Gasteiger charge is 2.14. The summed E-state index contributed by atoms with van der Waals surface area (Å²) in [6.45, 7) is 6.23. The number of aromatic nitrogens is 1. The van der Waals surface area contributed by atoms with Gasteiger partial charge in [-0.15, -0.1) is 11.3 Å². The van der Waals surface area contributed by atoms with E-state index in [0.29, 0.717) is 10.7 Å². The number of rotatable bonds is 5. The highest BCUT2D eigenvalue weighted by molar-refractivity contribution is 7.11. The molecule has 112 valence electrons. The lowest BCUT2D eigenvalue weighted by Crippen LogP contribution is -2.30. The number of para-hydroxylation sites is 1. The van der Waals surface area contributed by atoms with Crippen LogP contribution in [0.4, 0.5) is 5.69 Å². The van der Waals surface area contributed by atoms with Gasteiger partial charge in [0.2, 0.25) is 5.91 Å². The highest BCUT2D eigenvalue weighted by Crippen LogP contribution is 2.24. The van der Waals surface area contributed by atoms with Gasteiger partial charge in [-0.3, -0.25) is 4.79 Å². The molecule has 2 N–H and O–H groups in total. The van der Waals surface area contributed by atoms with Crippen LogP contribution in [0.15, 0.2) is 24.3 Å². The smallest absolute Gasteiger partial charge is 0.238 e. The van der Waals surface area contributed by atoms with E-state index in [1.165, 1.54) is 0 Å². The Kier molecular flexibility index (Phi) is 5.33. The first-order chi connectivity index (χ1) is 9.97. The van der Waals surface area contributed by atoms with Crippen molar-refractivity contribution in [2.24, 2.45) is 0 Å². The number of benzene rings is 1. The largest absolute Gasteiger partial charge is 0.324 e. The topological polar surface area (TPSA) is 54.0 Å². The van der Waals surface area contributed by atoms with Gasteiger partial charge in [0.1, 0.15) is 0 Å². The SMILES string of the molecule is Cc1nc(C)c(C(C)NCC(=O)Nc2ccccc2Cl)s1. The van der Waals surface area contributed by atoms with Crippen LogP contribution < -0.4 is 10.6 Å². The van der Waals surface area contributed by atoms with Crippen LogP contribution in [0.1, 0.15) is 28.5 Å². The summed E-state index contributed by atoms with van der Waals surface area (Å²) in [6, 6.07) is 7.28. The van der Waals surface area contributed by atoms with Gasteiger partial charge in [0.15, 0.2) is 0 Å². The van der Waals surface area contributed by atoms with Crippen molar-refractivity contribution in [3.05, 3.63) is 44.9 Å². The second-order valence-corrected chi connectivity index (χ2v) is 6.46. The Labute approximate surface area is 133 Å². The van der Waals surface area contributed by atoms with E-state index in [9.17, 15) is 4.79 Å². The minimum Gasteiger partial charge on any atom is -0.324 e. The lowest BCUT2D eigenvalue weighted by molar-refractivity contribution is -0.115. The Morgan fingerprint density at radius 2 is 2.10 bits per heavy atom. The van der Waals surface area contributed by atoms with Gasteiger partial charge in [-0.25, -0.2) is 4.98 Å². The monoisotopic (exact) mass is 323 g/mol. The van der Waals surface area contributed by atoms with E-state index in [2.05, 4.69) is 15.6 Å². The van der Waals surface area contributed by atoms with E-state index in [1.54, 1.807) is 23.5 Å². The normalized spacial score (nSPS) is 12.2. The molecule has 4 nitrogen and oxygen atoms in total. The number of carbonyl (C=O) groups is 1. The third-order valence-corrected chi connectivity index (χ3v) is 4.63. The van der Waals surface area contributed by atoms with Gasteiger partial charge in [0, 0.05) is 10.9 Å². The molecule has 0 fully saturated rings. The summed E-state index contributed by atoms with van der Waals surface area (Å²) < 4.78 is 0. The van der Waals surface area contributed by atoms with E-state index in [4.69, 9.17) is 11.6 Å². The maximum Gasteiger partial charge on any atom is 0.238 e. The number of hydrogen-bond acceptors (Lipinski definition) is 4. The number of anilines is 1. The highest BCUT2D eigenvalue weighted by atomic mass is 35.5. The van der Waals surface area contributed by atoms with Gasteiger partial charge in [-0.05, 0) is 32.9 Å². The maximum absolute atomic E-state index is 11.9. The Balaban J connectivity index is 1.89. The molecule has 1 aromatic heterocycles. The first kappa shape index (κ1) is 15.9. The molecule has 2 rings (SSSR count). The molecule has 0 aliphatic heterocycles. The Hall–Kier alpha value is -1.43. The zero-order valence-corrected chi connectivity index (χ0v) is 13.8. The molecule has 0 spiro atoms. The van der Waals surface area contributed by atoms with Crippen LogP contribution in [0.2, 0.25) is 5.02 Å². The van der Waals surface area contributed by atoms with Crippen LogP contribution in [-0.4, -0.2) is 17.4 Å². The standard InChI is InChI=1S/C15H18ClN3OS/c1-9(15-10(2)18-11(3)21-15)17-8-14(20)19-13-7-5-4-6-12(13)16/h4-7,9,17H,8H2,1-3H3,(H,19,20). The van der Waals surface area contributed by atoms with Crippen molar-refractivity contribution in [1.82, 2.24) is 10.3 Å². The summed E-state index contributed by atoms with van der Waals surface area (Å²) in [4.78, 5) is 17.5. The second kappa shape index (κ2) is 7.02. The first-order valence-corrected chi connectivity index (χ1v) is 7.88. The minimum atomic E-state index is -0.117. The van der Waals surface area contributed by atoms with Gasteiger partial charge in [-0.2, -0.15) is 0 Å². The molecule has 6 heteroatoms. The first-order valence-electron chi connectivity index (χ1n) is 6.69. The number of hydrogen-bond donors (Lipinski definition) is 2. The van der Waals surface area contributed by atoms with E-state index in [-0.39, 0.29) is 18.5 Å². The average molecular weight is 324 g/mol. The van der Waals surface area contributed by atoms with Crippen molar-refractivity contribution in [3.8, 4) is 0 Å². The molecule has 0 aliphatic rings. The molecular weight excluding hydrogens is 306 g/mol. The molecule has 1 unspecified atom stereocenters. The molecule has 0 aliphatic carbocycles. The lowest BCUT2D eigenvalue weighted by Gasteiger charge is -2.13. The summed E-state index contributed by atoms with van der Waals surface area (Å²) in [6.07, 6.45) is 0. The number of nitrogens with one attached hydrogen (secondary N) is 2. The van der Waals surface area contributed by atoms with Crippen molar-refractivity contribution >= 4 is 34.5 Å². The van der Waals surface area contributed by atoms with Crippen LogP contribution >= 0.6 is 22.9 Å². The molecule has 2 aromatic rings. The number of halogens is 1. The van der Waals surface area contributed by atoms with Gasteiger partial charge < -0.3 is 10.6 Å². The summed E-state index contributed by atoms with van der Waals surface area (Å²) >= 11 is 7.66. The molecule has 1 heterocycles. The molecule has 21 heavy (non-hydrogen) atoms. The number of amides is 1. The number of thiazole rings is 1. The molecule has 1 aromatic carbocycles. The number of nitrogens with zero attached hydrogens (tertiary/aromatic N) is 1. The predicted octanol–water partition coefficient (Wildman–Crippen LogP) is 3.70. The third-order valence-electron chi connectivity index (χ3n) is 3.05. The molecule has 0 saturated heterocycles.